The molecule has 0 heterocycles. The zero-order valence-electron chi connectivity index (χ0n) is 14.8. The Bertz CT molecular complexity index is 761. The Labute approximate surface area is 145 Å². The second-order valence-corrected chi connectivity index (χ2v) is 7.02. The Hall–Kier alpha value is -2.34. The molecule has 0 aromatic heterocycles. The summed E-state index contributed by atoms with van der Waals surface area (Å²) in [5.41, 5.74) is 12.5. The summed E-state index contributed by atoms with van der Waals surface area (Å²) in [6.45, 7) is 6.68. The predicted octanol–water partition coefficient (Wildman–Crippen LogP) is 6.89. The van der Waals surface area contributed by atoms with E-state index in [1.807, 2.05) is 0 Å². The third kappa shape index (κ3) is 2.57. The summed E-state index contributed by atoms with van der Waals surface area (Å²) in [6.07, 6.45) is 17.2. The third-order valence-corrected chi connectivity index (χ3v) is 5.38. The van der Waals surface area contributed by atoms with Crippen molar-refractivity contribution in [2.75, 3.05) is 0 Å². The van der Waals surface area contributed by atoms with Gasteiger partial charge in [0.25, 0.3) is 0 Å². The highest BCUT2D eigenvalue weighted by Gasteiger charge is 2.17. The summed E-state index contributed by atoms with van der Waals surface area (Å²) in [6, 6.07) is 7.13. The highest BCUT2D eigenvalue weighted by atomic mass is 14.2. The third-order valence-electron chi connectivity index (χ3n) is 5.38. The molecule has 4 rings (SSSR count). The van der Waals surface area contributed by atoms with Gasteiger partial charge >= 0.3 is 0 Å². The van der Waals surface area contributed by atoms with Crippen molar-refractivity contribution in [3.05, 3.63) is 88.1 Å². The van der Waals surface area contributed by atoms with Gasteiger partial charge in [0, 0.05) is 0 Å². The lowest BCUT2D eigenvalue weighted by molar-refractivity contribution is 1.42. The quantitative estimate of drug-likeness (QED) is 0.570. The van der Waals surface area contributed by atoms with Gasteiger partial charge in [-0.1, -0.05) is 36.5 Å². The molecule has 0 unspecified atom stereocenters. The van der Waals surface area contributed by atoms with Crippen LogP contribution in [0.4, 0.5) is 0 Å². The molecule has 0 amide bonds. The topological polar surface area (TPSA) is 0 Å². The Balaban J connectivity index is 1.87. The van der Waals surface area contributed by atoms with Gasteiger partial charge in [0.2, 0.25) is 0 Å². The number of hydrogen-bond donors (Lipinski definition) is 0. The van der Waals surface area contributed by atoms with E-state index >= 15 is 0 Å². The summed E-state index contributed by atoms with van der Waals surface area (Å²) < 4.78 is 0. The first kappa shape index (κ1) is 15.2. The number of hydrogen-bond acceptors (Lipinski definition) is 0. The Kier molecular flexibility index (Phi) is 3.76. The average Bonchev–Trinajstić information content (AvgIpc) is 3.28. The largest absolute Gasteiger partial charge is 0.0772 e. The van der Waals surface area contributed by atoms with Crippen molar-refractivity contribution < 1.29 is 0 Å². The van der Waals surface area contributed by atoms with Crippen LogP contribution in [0.1, 0.15) is 56.7 Å². The molecule has 0 bridgehead atoms. The number of rotatable bonds is 3. The summed E-state index contributed by atoms with van der Waals surface area (Å²) in [5, 5.41) is 0. The second-order valence-electron chi connectivity index (χ2n) is 7.02. The average molecular weight is 312 g/mol. The minimum Gasteiger partial charge on any atom is -0.0772 e. The van der Waals surface area contributed by atoms with Crippen molar-refractivity contribution in [3.8, 4) is 0 Å². The van der Waals surface area contributed by atoms with E-state index in [0.717, 1.165) is 19.3 Å². The molecule has 3 aliphatic carbocycles. The zero-order valence-corrected chi connectivity index (χ0v) is 14.8. The van der Waals surface area contributed by atoms with Crippen LogP contribution in [0.5, 0.6) is 0 Å². The van der Waals surface area contributed by atoms with Gasteiger partial charge in [-0.2, -0.15) is 0 Å². The Morgan fingerprint density at radius 2 is 0.750 bits per heavy atom. The van der Waals surface area contributed by atoms with Crippen molar-refractivity contribution in [3.63, 3.8) is 0 Å². The molecule has 0 radical (unpaired) electrons. The molecule has 3 aliphatic rings. The molecule has 0 fully saturated rings. The molecular formula is C24H24. The lowest BCUT2D eigenvalue weighted by Crippen LogP contribution is -1.94. The molecule has 0 spiro atoms. The smallest absolute Gasteiger partial charge is 0.0154 e. The lowest BCUT2D eigenvalue weighted by Gasteiger charge is -2.15. The molecule has 0 atom stereocenters. The molecule has 0 N–H and O–H groups in total. The first-order chi connectivity index (χ1) is 11.6. The van der Waals surface area contributed by atoms with Crippen LogP contribution in [0.25, 0.3) is 16.7 Å². The van der Waals surface area contributed by atoms with Gasteiger partial charge < -0.3 is 0 Å². The SMILES string of the molecule is CC1=CCC=C1c1cc(C2=CCC=C2C)cc(C2=CCC=C2C)c1. The highest BCUT2D eigenvalue weighted by molar-refractivity contribution is 5.90. The van der Waals surface area contributed by atoms with Crippen molar-refractivity contribution in [2.24, 2.45) is 0 Å². The Morgan fingerprint density at radius 1 is 0.458 bits per heavy atom. The van der Waals surface area contributed by atoms with Crippen molar-refractivity contribution in [2.45, 2.75) is 40.0 Å². The minimum atomic E-state index is 1.06. The molecule has 0 saturated carbocycles. The molecular weight excluding hydrogens is 288 g/mol. The maximum atomic E-state index is 2.38. The van der Waals surface area contributed by atoms with Crippen LogP contribution in [0, 0.1) is 0 Å². The molecule has 0 saturated heterocycles. The van der Waals surface area contributed by atoms with E-state index in [2.05, 4.69) is 75.4 Å². The molecule has 1 aromatic rings. The van der Waals surface area contributed by atoms with Gasteiger partial charge in [0.05, 0.1) is 0 Å². The van der Waals surface area contributed by atoms with Gasteiger partial charge in [-0.15, -0.1) is 0 Å². The van der Waals surface area contributed by atoms with Gasteiger partial charge in [-0.25, -0.2) is 0 Å². The van der Waals surface area contributed by atoms with Gasteiger partial charge in [0.15, 0.2) is 0 Å². The van der Waals surface area contributed by atoms with E-state index < -0.39 is 0 Å². The van der Waals surface area contributed by atoms with E-state index in [1.165, 1.54) is 50.1 Å². The van der Waals surface area contributed by atoms with Crippen LogP contribution in [0.3, 0.4) is 0 Å². The van der Waals surface area contributed by atoms with Crippen LogP contribution in [0.2, 0.25) is 0 Å². The predicted molar refractivity (Wildman–Crippen MR) is 105 cm³/mol. The fraction of sp³-hybridized carbons (Fsp3) is 0.250. The van der Waals surface area contributed by atoms with Gasteiger partial charge in [0.1, 0.15) is 0 Å². The summed E-state index contributed by atoms with van der Waals surface area (Å²) in [4.78, 5) is 0. The highest BCUT2D eigenvalue weighted by Crippen LogP contribution is 2.38. The van der Waals surface area contributed by atoms with Crippen LogP contribution in [-0.2, 0) is 0 Å². The van der Waals surface area contributed by atoms with E-state index in [4.69, 9.17) is 0 Å². The molecule has 1 aromatic carbocycles. The molecule has 0 heteroatoms. The van der Waals surface area contributed by atoms with Crippen LogP contribution in [-0.4, -0.2) is 0 Å². The van der Waals surface area contributed by atoms with Crippen LogP contribution < -0.4 is 0 Å². The van der Waals surface area contributed by atoms with E-state index in [-0.39, 0.29) is 0 Å². The number of allylic oxidation sites excluding steroid dienone is 12. The zero-order chi connectivity index (χ0) is 16.7. The standard InChI is InChI=1S/C24H24/c1-16-7-4-10-22(16)19-13-20(23-11-5-8-17(23)2)15-21(14-19)24-12-6-9-18(24)3/h7-15H,4-6H2,1-3H3. The first-order valence-corrected chi connectivity index (χ1v) is 8.91. The summed E-state index contributed by atoms with van der Waals surface area (Å²) in [5.74, 6) is 0. The summed E-state index contributed by atoms with van der Waals surface area (Å²) >= 11 is 0. The maximum Gasteiger partial charge on any atom is -0.0154 e. The van der Waals surface area contributed by atoms with Crippen molar-refractivity contribution >= 4 is 16.7 Å². The van der Waals surface area contributed by atoms with E-state index in [9.17, 15) is 0 Å². The van der Waals surface area contributed by atoms with Crippen LogP contribution >= 0.6 is 0 Å². The fourth-order valence-corrected chi connectivity index (χ4v) is 4.00. The summed E-state index contributed by atoms with van der Waals surface area (Å²) in [7, 11) is 0. The second kappa shape index (κ2) is 5.94. The van der Waals surface area contributed by atoms with Gasteiger partial charge in [-0.05, 0) is 108 Å². The van der Waals surface area contributed by atoms with Crippen molar-refractivity contribution in [1.29, 1.82) is 0 Å². The molecule has 0 nitrogen and oxygen atoms in total. The first-order valence-electron chi connectivity index (χ1n) is 8.91. The monoisotopic (exact) mass is 312 g/mol. The van der Waals surface area contributed by atoms with E-state index in [1.54, 1.807) is 0 Å². The van der Waals surface area contributed by atoms with Gasteiger partial charge in [-0.3, -0.25) is 0 Å². The minimum absolute atomic E-state index is 1.06. The molecule has 24 heavy (non-hydrogen) atoms. The number of benzene rings is 1. The Morgan fingerprint density at radius 3 is 0.958 bits per heavy atom. The maximum absolute atomic E-state index is 2.38. The van der Waals surface area contributed by atoms with Crippen LogP contribution in [0.15, 0.2) is 71.4 Å². The molecule has 0 aliphatic heterocycles. The lowest BCUT2D eigenvalue weighted by atomic mass is 9.89. The van der Waals surface area contributed by atoms with E-state index in [0.29, 0.717) is 0 Å². The van der Waals surface area contributed by atoms with Crippen molar-refractivity contribution in [1.82, 2.24) is 0 Å². The normalized spacial score (nSPS) is 19.6. The molecule has 120 valence electrons. The fourth-order valence-electron chi connectivity index (χ4n) is 4.00.